The summed E-state index contributed by atoms with van der Waals surface area (Å²) in [6, 6.07) is 6.34. The number of benzene rings is 1. The van der Waals surface area contributed by atoms with Gasteiger partial charge in [0.05, 0.1) is 11.5 Å². The van der Waals surface area contributed by atoms with Gasteiger partial charge in [-0.15, -0.1) is 0 Å². The maximum absolute atomic E-state index is 11.6. The third-order valence-electron chi connectivity index (χ3n) is 1.64. The highest BCUT2D eigenvalue weighted by Gasteiger charge is 2.12. The van der Waals surface area contributed by atoms with Crippen molar-refractivity contribution in [3.8, 4) is 0 Å². The first-order chi connectivity index (χ1) is 7.06. The Kier molecular flexibility index (Phi) is 4.68. The van der Waals surface area contributed by atoms with Gasteiger partial charge in [0.15, 0.2) is 0 Å². The second-order valence-corrected chi connectivity index (χ2v) is 5.41. The van der Waals surface area contributed by atoms with Crippen molar-refractivity contribution in [1.82, 2.24) is 4.72 Å². The molecule has 3 N–H and O–H groups in total. The third kappa shape index (κ3) is 3.88. The molecule has 1 aromatic rings. The Hall–Kier alpha value is -0.470. The van der Waals surface area contributed by atoms with Crippen molar-refractivity contribution in [2.45, 2.75) is 4.90 Å². The molecule has 15 heavy (non-hydrogen) atoms. The molecule has 1 aromatic carbocycles. The number of nitrogens with two attached hydrogens (primary N) is 1. The Bertz CT molecular complexity index is 404. The number of hydrogen-bond acceptors (Lipinski definition) is 4. The van der Waals surface area contributed by atoms with Crippen LogP contribution >= 0.6 is 15.9 Å². The molecule has 0 bridgehead atoms. The summed E-state index contributed by atoms with van der Waals surface area (Å²) in [6.07, 6.45) is 0. The molecular weight excluding hydrogens is 284 g/mol. The van der Waals surface area contributed by atoms with Crippen LogP contribution in [-0.2, 0) is 14.9 Å². The molecule has 0 amide bonds. The summed E-state index contributed by atoms with van der Waals surface area (Å²) in [5, 5.41) is 0. The SMILES string of the molecule is NOCCNS(=O)(=O)c1ccc(Br)cc1. The molecule has 5 nitrogen and oxygen atoms in total. The molecule has 0 fully saturated rings. The van der Waals surface area contributed by atoms with Crippen molar-refractivity contribution < 1.29 is 13.3 Å². The van der Waals surface area contributed by atoms with Gasteiger partial charge in [0, 0.05) is 11.0 Å². The standard InChI is InChI=1S/C8H11BrN2O3S/c9-7-1-3-8(4-2-7)15(12,13)11-5-6-14-10/h1-4,11H,5-6,10H2. The zero-order chi connectivity index (χ0) is 11.3. The largest absolute Gasteiger partial charge is 0.303 e. The average molecular weight is 295 g/mol. The molecule has 0 spiro atoms. The van der Waals surface area contributed by atoms with Crippen LogP contribution in [0.4, 0.5) is 0 Å². The van der Waals surface area contributed by atoms with Crippen molar-refractivity contribution >= 4 is 26.0 Å². The van der Waals surface area contributed by atoms with Crippen molar-refractivity contribution in [3.63, 3.8) is 0 Å². The van der Waals surface area contributed by atoms with Gasteiger partial charge in [-0.3, -0.25) is 0 Å². The lowest BCUT2D eigenvalue weighted by molar-refractivity contribution is 0.143. The average Bonchev–Trinajstić information content (AvgIpc) is 2.18. The first-order valence-electron chi connectivity index (χ1n) is 4.13. The molecule has 7 heteroatoms. The molecule has 0 radical (unpaired) electrons. The predicted octanol–water partition coefficient (Wildman–Crippen LogP) is 0.618. The lowest BCUT2D eigenvalue weighted by atomic mass is 10.4. The summed E-state index contributed by atoms with van der Waals surface area (Å²) in [6.45, 7) is 0.282. The second-order valence-electron chi connectivity index (χ2n) is 2.72. The second kappa shape index (κ2) is 5.57. The highest BCUT2D eigenvalue weighted by atomic mass is 79.9. The topological polar surface area (TPSA) is 81.4 Å². The van der Waals surface area contributed by atoms with Crippen molar-refractivity contribution in [3.05, 3.63) is 28.7 Å². The molecule has 0 heterocycles. The number of nitrogens with one attached hydrogen (secondary N) is 1. The Balaban J connectivity index is 2.73. The van der Waals surface area contributed by atoms with E-state index in [1.54, 1.807) is 12.1 Å². The molecule has 0 aromatic heterocycles. The van der Waals surface area contributed by atoms with Gasteiger partial charge in [0.2, 0.25) is 10.0 Å². The predicted molar refractivity (Wildman–Crippen MR) is 59.5 cm³/mol. The molecule has 1 rings (SSSR count). The van der Waals surface area contributed by atoms with Crippen molar-refractivity contribution in [1.29, 1.82) is 0 Å². The fourth-order valence-corrected chi connectivity index (χ4v) is 2.21. The molecule has 0 atom stereocenters. The van der Waals surface area contributed by atoms with Crippen LogP contribution in [0.15, 0.2) is 33.6 Å². The number of rotatable bonds is 5. The van der Waals surface area contributed by atoms with E-state index in [-0.39, 0.29) is 18.0 Å². The van der Waals surface area contributed by atoms with Crippen LogP contribution in [-0.4, -0.2) is 21.6 Å². The number of hydrogen-bond donors (Lipinski definition) is 2. The van der Waals surface area contributed by atoms with Crippen LogP contribution in [0.5, 0.6) is 0 Å². The minimum absolute atomic E-state index is 0.135. The Morgan fingerprint density at radius 2 is 1.93 bits per heavy atom. The van der Waals surface area contributed by atoms with Gasteiger partial charge < -0.3 is 4.84 Å². The lowest BCUT2D eigenvalue weighted by Crippen LogP contribution is -2.28. The smallest absolute Gasteiger partial charge is 0.240 e. The maximum Gasteiger partial charge on any atom is 0.240 e. The van der Waals surface area contributed by atoms with Crippen LogP contribution in [0.25, 0.3) is 0 Å². The number of halogens is 1. The first kappa shape index (κ1) is 12.6. The highest BCUT2D eigenvalue weighted by Crippen LogP contribution is 2.14. The Morgan fingerprint density at radius 1 is 1.33 bits per heavy atom. The monoisotopic (exact) mass is 294 g/mol. The van der Waals surface area contributed by atoms with Gasteiger partial charge in [-0.1, -0.05) is 15.9 Å². The summed E-state index contributed by atoms with van der Waals surface area (Å²) in [5.41, 5.74) is 0. The minimum atomic E-state index is -3.46. The summed E-state index contributed by atoms with van der Waals surface area (Å²) >= 11 is 3.22. The van der Waals surface area contributed by atoms with Gasteiger partial charge in [-0.25, -0.2) is 19.0 Å². The summed E-state index contributed by atoms with van der Waals surface area (Å²) < 4.78 is 26.4. The first-order valence-corrected chi connectivity index (χ1v) is 6.41. The summed E-state index contributed by atoms with van der Waals surface area (Å²) in [5.74, 6) is 4.78. The van der Waals surface area contributed by atoms with Crippen LogP contribution in [0.2, 0.25) is 0 Å². The van der Waals surface area contributed by atoms with E-state index in [1.807, 2.05) is 0 Å². The van der Waals surface area contributed by atoms with E-state index < -0.39 is 10.0 Å². The molecule has 84 valence electrons. The van der Waals surface area contributed by atoms with Crippen molar-refractivity contribution in [2.24, 2.45) is 5.90 Å². The van der Waals surface area contributed by atoms with Crippen molar-refractivity contribution in [2.75, 3.05) is 13.2 Å². The van der Waals surface area contributed by atoms with E-state index >= 15 is 0 Å². The molecule has 0 aliphatic carbocycles. The normalized spacial score (nSPS) is 11.6. The van der Waals surface area contributed by atoms with Crippen LogP contribution in [0.3, 0.4) is 0 Å². The van der Waals surface area contributed by atoms with E-state index in [0.29, 0.717) is 0 Å². The molecule has 0 unspecified atom stereocenters. The minimum Gasteiger partial charge on any atom is -0.303 e. The van der Waals surface area contributed by atoms with Gasteiger partial charge >= 0.3 is 0 Å². The zero-order valence-electron chi connectivity index (χ0n) is 7.81. The van der Waals surface area contributed by atoms with E-state index in [0.717, 1.165) is 4.47 Å². The van der Waals surface area contributed by atoms with Gasteiger partial charge in [-0.2, -0.15) is 0 Å². The van der Waals surface area contributed by atoms with E-state index in [2.05, 4.69) is 25.5 Å². The highest BCUT2D eigenvalue weighted by molar-refractivity contribution is 9.10. The van der Waals surface area contributed by atoms with E-state index in [4.69, 9.17) is 5.90 Å². The van der Waals surface area contributed by atoms with Gasteiger partial charge in [0.25, 0.3) is 0 Å². The Morgan fingerprint density at radius 3 is 2.47 bits per heavy atom. The third-order valence-corrected chi connectivity index (χ3v) is 3.64. The van der Waals surface area contributed by atoms with Crippen LogP contribution < -0.4 is 10.6 Å². The molecular formula is C8H11BrN2O3S. The lowest BCUT2D eigenvalue weighted by Gasteiger charge is -2.05. The molecule has 0 saturated carbocycles. The summed E-state index contributed by atoms with van der Waals surface area (Å²) in [7, 11) is -3.46. The van der Waals surface area contributed by atoms with E-state index in [9.17, 15) is 8.42 Å². The van der Waals surface area contributed by atoms with Crippen LogP contribution in [0.1, 0.15) is 0 Å². The van der Waals surface area contributed by atoms with Gasteiger partial charge in [0.1, 0.15) is 0 Å². The van der Waals surface area contributed by atoms with Gasteiger partial charge in [-0.05, 0) is 24.3 Å². The van der Waals surface area contributed by atoms with Crippen LogP contribution in [0, 0.1) is 0 Å². The fraction of sp³-hybridized carbons (Fsp3) is 0.250. The summed E-state index contributed by atoms with van der Waals surface area (Å²) in [4.78, 5) is 4.47. The fourth-order valence-electron chi connectivity index (χ4n) is 0.932. The maximum atomic E-state index is 11.6. The quantitative estimate of drug-likeness (QED) is 0.616. The molecule has 0 aliphatic heterocycles. The Labute approximate surface area is 96.7 Å². The molecule has 0 aliphatic rings. The number of sulfonamides is 1. The zero-order valence-corrected chi connectivity index (χ0v) is 10.2. The molecule has 0 saturated heterocycles. The van der Waals surface area contributed by atoms with E-state index in [1.165, 1.54) is 12.1 Å².